The number of benzene rings is 2. The molecule has 4 heteroatoms. The molecule has 2 rings (SSSR count). The van der Waals surface area contributed by atoms with Crippen molar-refractivity contribution in [3.05, 3.63) is 36.4 Å². The number of fused-ring (bicyclic) bond motifs is 1. The highest BCUT2D eigenvalue weighted by atomic mass is 16.1. The Hall–Kier alpha value is -2.07. The highest BCUT2D eigenvalue weighted by molar-refractivity contribution is 6.06. The number of rotatable bonds is 8. The van der Waals surface area contributed by atoms with Gasteiger partial charge in [0.1, 0.15) is 0 Å². The number of hydrogen-bond acceptors (Lipinski definition) is 3. The SMILES string of the molecule is CCN(CC)CCNc1ccc(NC(=O)C(C)C)c2ccccc12. The molecule has 0 aliphatic rings. The number of nitrogens with one attached hydrogen (secondary N) is 2. The maximum Gasteiger partial charge on any atom is 0.226 e. The summed E-state index contributed by atoms with van der Waals surface area (Å²) in [6, 6.07) is 12.2. The second kappa shape index (κ2) is 8.69. The molecule has 1 amide bonds. The summed E-state index contributed by atoms with van der Waals surface area (Å²) in [5.74, 6) is 0.0121. The molecule has 0 unspecified atom stereocenters. The monoisotopic (exact) mass is 327 g/mol. The summed E-state index contributed by atoms with van der Waals surface area (Å²) in [5.41, 5.74) is 1.99. The van der Waals surface area contributed by atoms with Crippen molar-refractivity contribution in [2.24, 2.45) is 5.92 Å². The lowest BCUT2D eigenvalue weighted by molar-refractivity contribution is -0.118. The number of carbonyl (C=O) groups excluding carboxylic acids is 1. The van der Waals surface area contributed by atoms with E-state index in [4.69, 9.17) is 0 Å². The maximum absolute atomic E-state index is 12.0. The van der Waals surface area contributed by atoms with E-state index in [0.29, 0.717) is 0 Å². The van der Waals surface area contributed by atoms with E-state index in [1.54, 1.807) is 0 Å². The molecule has 2 N–H and O–H groups in total. The van der Waals surface area contributed by atoms with Crippen molar-refractivity contribution in [2.45, 2.75) is 27.7 Å². The molecule has 130 valence electrons. The fraction of sp³-hybridized carbons (Fsp3) is 0.450. The van der Waals surface area contributed by atoms with Crippen molar-refractivity contribution in [1.29, 1.82) is 0 Å². The van der Waals surface area contributed by atoms with Crippen LogP contribution in [-0.4, -0.2) is 37.0 Å². The van der Waals surface area contributed by atoms with E-state index in [-0.39, 0.29) is 11.8 Å². The topological polar surface area (TPSA) is 44.4 Å². The van der Waals surface area contributed by atoms with Crippen molar-refractivity contribution >= 4 is 28.1 Å². The molecule has 0 aliphatic heterocycles. The minimum atomic E-state index is -0.0318. The molecular weight excluding hydrogens is 298 g/mol. The van der Waals surface area contributed by atoms with Gasteiger partial charge in [-0.25, -0.2) is 0 Å². The summed E-state index contributed by atoms with van der Waals surface area (Å²) in [6.07, 6.45) is 0. The minimum absolute atomic E-state index is 0.0318. The first-order chi connectivity index (χ1) is 11.6. The molecule has 0 bridgehead atoms. The summed E-state index contributed by atoms with van der Waals surface area (Å²) in [5, 5.41) is 8.77. The van der Waals surface area contributed by atoms with Crippen molar-refractivity contribution in [2.75, 3.05) is 36.8 Å². The highest BCUT2D eigenvalue weighted by Crippen LogP contribution is 2.30. The molecule has 0 atom stereocenters. The Balaban J connectivity index is 2.19. The molecular formula is C20H29N3O. The number of nitrogens with zero attached hydrogens (tertiary/aromatic N) is 1. The lowest BCUT2D eigenvalue weighted by Crippen LogP contribution is -2.28. The van der Waals surface area contributed by atoms with E-state index in [1.165, 1.54) is 0 Å². The average Bonchev–Trinajstić information content (AvgIpc) is 2.60. The van der Waals surface area contributed by atoms with Crippen LogP contribution in [0.3, 0.4) is 0 Å². The predicted molar refractivity (Wildman–Crippen MR) is 104 cm³/mol. The molecule has 24 heavy (non-hydrogen) atoms. The van der Waals surface area contributed by atoms with Gasteiger partial charge in [0, 0.05) is 41.2 Å². The Kier molecular flexibility index (Phi) is 6.62. The van der Waals surface area contributed by atoms with E-state index < -0.39 is 0 Å². The molecule has 0 aromatic heterocycles. The van der Waals surface area contributed by atoms with Gasteiger partial charge in [-0.2, -0.15) is 0 Å². The lowest BCUT2D eigenvalue weighted by Gasteiger charge is -2.19. The Bertz CT molecular complexity index is 678. The molecule has 0 fully saturated rings. The molecule has 0 spiro atoms. The second-order valence-corrected chi connectivity index (χ2v) is 6.30. The van der Waals surface area contributed by atoms with Crippen LogP contribution in [0.5, 0.6) is 0 Å². The second-order valence-electron chi connectivity index (χ2n) is 6.30. The number of likely N-dealkylation sites (N-methyl/N-ethyl adjacent to an activating group) is 1. The van der Waals surface area contributed by atoms with E-state index in [0.717, 1.165) is 48.3 Å². The van der Waals surface area contributed by atoms with Gasteiger partial charge in [0.05, 0.1) is 0 Å². The molecule has 0 heterocycles. The van der Waals surface area contributed by atoms with Gasteiger partial charge in [0.15, 0.2) is 0 Å². The van der Waals surface area contributed by atoms with Crippen LogP contribution in [0.15, 0.2) is 36.4 Å². The summed E-state index contributed by atoms with van der Waals surface area (Å²) in [7, 11) is 0. The number of amides is 1. The zero-order valence-electron chi connectivity index (χ0n) is 15.2. The Morgan fingerprint density at radius 2 is 1.58 bits per heavy atom. The summed E-state index contributed by atoms with van der Waals surface area (Å²) < 4.78 is 0. The van der Waals surface area contributed by atoms with Gasteiger partial charge in [-0.05, 0) is 25.2 Å². The Morgan fingerprint density at radius 1 is 1.00 bits per heavy atom. The molecule has 0 radical (unpaired) electrons. The van der Waals surface area contributed by atoms with Crippen LogP contribution in [-0.2, 0) is 4.79 Å². The largest absolute Gasteiger partial charge is 0.383 e. The zero-order valence-corrected chi connectivity index (χ0v) is 15.2. The van der Waals surface area contributed by atoms with Gasteiger partial charge in [0.2, 0.25) is 5.91 Å². The fourth-order valence-corrected chi connectivity index (χ4v) is 2.73. The molecule has 0 aliphatic carbocycles. The molecule has 2 aromatic rings. The molecule has 4 nitrogen and oxygen atoms in total. The minimum Gasteiger partial charge on any atom is -0.383 e. The van der Waals surface area contributed by atoms with Crippen LogP contribution in [0.2, 0.25) is 0 Å². The van der Waals surface area contributed by atoms with E-state index in [9.17, 15) is 4.79 Å². The van der Waals surface area contributed by atoms with Crippen LogP contribution in [0.25, 0.3) is 10.8 Å². The standard InChI is InChI=1S/C20H29N3O/c1-5-23(6-2)14-13-21-18-11-12-19(22-20(24)15(3)4)17-10-8-7-9-16(17)18/h7-12,15,21H,5-6,13-14H2,1-4H3,(H,22,24). The van der Waals surface area contributed by atoms with Crippen LogP contribution in [0, 0.1) is 5.92 Å². The third kappa shape index (κ3) is 4.48. The summed E-state index contributed by atoms with van der Waals surface area (Å²) in [6.45, 7) is 12.2. The first-order valence-corrected chi connectivity index (χ1v) is 8.85. The van der Waals surface area contributed by atoms with Crippen molar-refractivity contribution < 1.29 is 4.79 Å². The number of hydrogen-bond donors (Lipinski definition) is 2. The normalized spacial score (nSPS) is 11.2. The van der Waals surface area contributed by atoms with E-state index >= 15 is 0 Å². The first-order valence-electron chi connectivity index (χ1n) is 8.85. The van der Waals surface area contributed by atoms with Gasteiger partial charge in [0.25, 0.3) is 0 Å². The number of anilines is 2. The quantitative estimate of drug-likeness (QED) is 0.764. The van der Waals surface area contributed by atoms with Gasteiger partial charge in [-0.15, -0.1) is 0 Å². The predicted octanol–water partition coefficient (Wildman–Crippen LogP) is 4.19. The van der Waals surface area contributed by atoms with E-state index in [1.807, 2.05) is 32.0 Å². The Morgan fingerprint density at radius 3 is 2.17 bits per heavy atom. The van der Waals surface area contributed by atoms with Crippen molar-refractivity contribution in [3.8, 4) is 0 Å². The van der Waals surface area contributed by atoms with E-state index in [2.05, 4.69) is 47.6 Å². The first kappa shape index (κ1) is 18.3. The maximum atomic E-state index is 12.0. The molecule has 2 aromatic carbocycles. The van der Waals surface area contributed by atoms with Crippen LogP contribution >= 0.6 is 0 Å². The summed E-state index contributed by atoms with van der Waals surface area (Å²) >= 11 is 0. The lowest BCUT2D eigenvalue weighted by atomic mass is 10.1. The van der Waals surface area contributed by atoms with Gasteiger partial charge < -0.3 is 15.5 Å². The number of carbonyl (C=O) groups is 1. The van der Waals surface area contributed by atoms with Crippen LogP contribution < -0.4 is 10.6 Å². The fourth-order valence-electron chi connectivity index (χ4n) is 2.73. The van der Waals surface area contributed by atoms with Crippen molar-refractivity contribution in [1.82, 2.24) is 4.90 Å². The third-order valence-corrected chi connectivity index (χ3v) is 4.34. The smallest absolute Gasteiger partial charge is 0.226 e. The highest BCUT2D eigenvalue weighted by Gasteiger charge is 2.11. The zero-order chi connectivity index (χ0) is 17.5. The van der Waals surface area contributed by atoms with Gasteiger partial charge in [-0.3, -0.25) is 4.79 Å². The van der Waals surface area contributed by atoms with Gasteiger partial charge in [-0.1, -0.05) is 52.0 Å². The van der Waals surface area contributed by atoms with Crippen molar-refractivity contribution in [3.63, 3.8) is 0 Å². The van der Waals surface area contributed by atoms with Crippen LogP contribution in [0.1, 0.15) is 27.7 Å². The summed E-state index contributed by atoms with van der Waals surface area (Å²) in [4.78, 5) is 14.4. The molecule has 0 saturated carbocycles. The molecule has 0 saturated heterocycles. The Labute approximate surface area is 145 Å². The van der Waals surface area contributed by atoms with Gasteiger partial charge >= 0.3 is 0 Å². The average molecular weight is 327 g/mol. The third-order valence-electron chi connectivity index (χ3n) is 4.34. The van der Waals surface area contributed by atoms with Crippen LogP contribution in [0.4, 0.5) is 11.4 Å².